The molecule has 0 N–H and O–H groups in total. The van der Waals surface area contributed by atoms with E-state index in [9.17, 15) is 16.8 Å². The zero-order chi connectivity index (χ0) is 17.4. The molecule has 2 heterocycles. The molecule has 2 aliphatic rings. The highest BCUT2D eigenvalue weighted by Gasteiger charge is 2.40. The van der Waals surface area contributed by atoms with E-state index in [0.717, 1.165) is 19.1 Å². The van der Waals surface area contributed by atoms with E-state index >= 15 is 0 Å². The largest absolute Gasteiger partial charge is 0.349 e. The first-order chi connectivity index (χ1) is 11.3. The molecular formula is C15H21NO6S2. The van der Waals surface area contributed by atoms with Crippen LogP contribution < -0.4 is 0 Å². The second-order valence-electron chi connectivity index (χ2n) is 6.04. The SMILES string of the molecule is CS(=O)(=O)c1cccc(S(=O)(=O)N2CCCCC2C2OCCO2)c1. The summed E-state index contributed by atoms with van der Waals surface area (Å²) >= 11 is 0. The molecule has 1 aromatic rings. The fraction of sp³-hybridized carbons (Fsp3) is 0.600. The molecule has 1 aromatic carbocycles. The van der Waals surface area contributed by atoms with Crippen molar-refractivity contribution in [2.75, 3.05) is 26.0 Å². The highest BCUT2D eigenvalue weighted by Crippen LogP contribution is 2.30. The summed E-state index contributed by atoms with van der Waals surface area (Å²) in [7, 11) is -7.30. The highest BCUT2D eigenvalue weighted by atomic mass is 32.2. The number of hydrogen-bond acceptors (Lipinski definition) is 6. The standard InChI is InChI=1S/C15H21NO6S2/c1-23(17,18)12-5-4-6-13(11-12)24(19,20)16-8-3-2-7-14(16)15-21-9-10-22-15/h4-6,11,14-15H,2-3,7-10H2,1H3. The lowest BCUT2D eigenvalue weighted by Crippen LogP contribution is -2.50. The van der Waals surface area contributed by atoms with Gasteiger partial charge in [-0.1, -0.05) is 12.5 Å². The van der Waals surface area contributed by atoms with E-state index in [-0.39, 0.29) is 15.8 Å². The Kier molecular flexibility index (Phi) is 4.99. The van der Waals surface area contributed by atoms with Crippen LogP contribution in [-0.4, -0.2) is 59.5 Å². The molecule has 0 saturated carbocycles. The fourth-order valence-corrected chi connectivity index (χ4v) is 5.57. The van der Waals surface area contributed by atoms with Gasteiger partial charge in [-0.05, 0) is 31.0 Å². The Balaban J connectivity index is 1.96. The van der Waals surface area contributed by atoms with Crippen LogP contribution >= 0.6 is 0 Å². The first-order valence-electron chi connectivity index (χ1n) is 7.85. The van der Waals surface area contributed by atoms with Crippen molar-refractivity contribution in [1.82, 2.24) is 4.31 Å². The summed E-state index contributed by atoms with van der Waals surface area (Å²) in [5, 5.41) is 0. The predicted octanol–water partition coefficient (Wildman–Crippen LogP) is 1.01. The van der Waals surface area contributed by atoms with Gasteiger partial charge in [0.2, 0.25) is 10.0 Å². The number of nitrogens with zero attached hydrogens (tertiary/aromatic N) is 1. The molecule has 0 amide bonds. The van der Waals surface area contributed by atoms with Crippen molar-refractivity contribution in [3.63, 3.8) is 0 Å². The Labute approximate surface area is 142 Å². The topological polar surface area (TPSA) is 90.0 Å². The van der Waals surface area contributed by atoms with E-state index in [0.29, 0.717) is 26.2 Å². The van der Waals surface area contributed by atoms with Crippen LogP contribution in [0.3, 0.4) is 0 Å². The molecule has 1 atom stereocenters. The maximum Gasteiger partial charge on any atom is 0.243 e. The number of piperidine rings is 1. The molecule has 24 heavy (non-hydrogen) atoms. The van der Waals surface area contributed by atoms with E-state index in [1.807, 2.05) is 0 Å². The van der Waals surface area contributed by atoms with Gasteiger partial charge in [0, 0.05) is 12.8 Å². The molecule has 134 valence electrons. The fourth-order valence-electron chi connectivity index (χ4n) is 3.10. The van der Waals surface area contributed by atoms with E-state index in [1.54, 1.807) is 0 Å². The zero-order valence-electron chi connectivity index (χ0n) is 13.4. The van der Waals surface area contributed by atoms with Crippen molar-refractivity contribution in [2.24, 2.45) is 0 Å². The van der Waals surface area contributed by atoms with Crippen molar-refractivity contribution in [1.29, 1.82) is 0 Å². The lowest BCUT2D eigenvalue weighted by molar-refractivity contribution is -0.0913. The Morgan fingerprint density at radius 1 is 1.04 bits per heavy atom. The van der Waals surface area contributed by atoms with E-state index in [2.05, 4.69) is 0 Å². The van der Waals surface area contributed by atoms with Gasteiger partial charge in [0.05, 0.1) is 29.0 Å². The maximum atomic E-state index is 13.1. The minimum Gasteiger partial charge on any atom is -0.349 e. The van der Waals surface area contributed by atoms with Crippen LogP contribution in [-0.2, 0) is 29.3 Å². The van der Waals surface area contributed by atoms with Crippen LogP contribution in [0.25, 0.3) is 0 Å². The molecule has 9 heteroatoms. The normalized spacial score (nSPS) is 24.3. The van der Waals surface area contributed by atoms with Crippen LogP contribution in [0.15, 0.2) is 34.1 Å². The molecular weight excluding hydrogens is 354 g/mol. The second kappa shape index (κ2) is 6.72. The Hall–Kier alpha value is -1.00. The van der Waals surface area contributed by atoms with Crippen LogP contribution in [0.5, 0.6) is 0 Å². The molecule has 0 radical (unpaired) electrons. The number of sulfone groups is 1. The van der Waals surface area contributed by atoms with Gasteiger partial charge in [-0.3, -0.25) is 0 Å². The van der Waals surface area contributed by atoms with Gasteiger partial charge in [-0.2, -0.15) is 4.31 Å². The molecule has 1 unspecified atom stereocenters. The average Bonchev–Trinajstić information content (AvgIpc) is 3.08. The molecule has 2 saturated heterocycles. The average molecular weight is 375 g/mol. The number of ether oxygens (including phenoxy) is 2. The van der Waals surface area contributed by atoms with E-state index in [1.165, 1.54) is 28.6 Å². The van der Waals surface area contributed by atoms with Gasteiger partial charge >= 0.3 is 0 Å². The van der Waals surface area contributed by atoms with Gasteiger partial charge in [0.25, 0.3) is 0 Å². The van der Waals surface area contributed by atoms with Gasteiger partial charge in [-0.25, -0.2) is 16.8 Å². The predicted molar refractivity (Wildman–Crippen MR) is 86.8 cm³/mol. The summed E-state index contributed by atoms with van der Waals surface area (Å²) in [5.41, 5.74) is 0. The summed E-state index contributed by atoms with van der Waals surface area (Å²) in [6.07, 6.45) is 2.83. The van der Waals surface area contributed by atoms with Crippen LogP contribution in [0, 0.1) is 0 Å². The minimum absolute atomic E-state index is 0.00880. The van der Waals surface area contributed by atoms with Gasteiger partial charge < -0.3 is 9.47 Å². The third-order valence-electron chi connectivity index (χ3n) is 4.30. The highest BCUT2D eigenvalue weighted by molar-refractivity contribution is 7.91. The third-order valence-corrected chi connectivity index (χ3v) is 7.33. The summed E-state index contributed by atoms with van der Waals surface area (Å²) in [6.45, 7) is 1.29. The lowest BCUT2D eigenvalue weighted by atomic mass is 10.0. The van der Waals surface area contributed by atoms with Crippen LogP contribution in [0.1, 0.15) is 19.3 Å². The summed E-state index contributed by atoms with van der Waals surface area (Å²) in [4.78, 5) is -0.0270. The summed E-state index contributed by atoms with van der Waals surface area (Å²) in [5.74, 6) is 0. The Morgan fingerprint density at radius 2 is 1.71 bits per heavy atom. The van der Waals surface area contributed by atoms with E-state index in [4.69, 9.17) is 9.47 Å². The van der Waals surface area contributed by atoms with Crippen molar-refractivity contribution >= 4 is 19.9 Å². The van der Waals surface area contributed by atoms with Gasteiger partial charge in [0.1, 0.15) is 0 Å². The first kappa shape index (κ1) is 17.8. The third kappa shape index (κ3) is 3.50. The van der Waals surface area contributed by atoms with Crippen molar-refractivity contribution in [2.45, 2.75) is 41.4 Å². The summed E-state index contributed by atoms with van der Waals surface area (Å²) < 4.78 is 61.9. The molecule has 0 aromatic heterocycles. The van der Waals surface area contributed by atoms with Crippen LogP contribution in [0.4, 0.5) is 0 Å². The summed E-state index contributed by atoms with van der Waals surface area (Å²) in [6, 6.07) is 5.10. The van der Waals surface area contributed by atoms with Crippen molar-refractivity contribution in [3.05, 3.63) is 24.3 Å². The van der Waals surface area contributed by atoms with Crippen LogP contribution in [0.2, 0.25) is 0 Å². The Morgan fingerprint density at radius 3 is 2.38 bits per heavy atom. The molecule has 0 bridgehead atoms. The molecule has 7 nitrogen and oxygen atoms in total. The Bertz CT molecular complexity index is 799. The molecule has 2 aliphatic heterocycles. The maximum absolute atomic E-state index is 13.1. The first-order valence-corrected chi connectivity index (χ1v) is 11.2. The number of benzene rings is 1. The quantitative estimate of drug-likeness (QED) is 0.780. The molecule has 2 fully saturated rings. The van der Waals surface area contributed by atoms with E-state index < -0.39 is 26.2 Å². The van der Waals surface area contributed by atoms with Crippen molar-refractivity contribution < 1.29 is 26.3 Å². The smallest absolute Gasteiger partial charge is 0.243 e. The molecule has 0 aliphatic carbocycles. The van der Waals surface area contributed by atoms with Crippen molar-refractivity contribution in [3.8, 4) is 0 Å². The minimum atomic E-state index is -3.82. The van der Waals surface area contributed by atoms with Gasteiger partial charge in [-0.15, -0.1) is 0 Å². The number of rotatable bonds is 4. The lowest BCUT2D eigenvalue weighted by Gasteiger charge is -2.36. The number of sulfonamides is 1. The van der Waals surface area contributed by atoms with Gasteiger partial charge in [0.15, 0.2) is 16.1 Å². The zero-order valence-corrected chi connectivity index (χ0v) is 15.1. The molecule has 3 rings (SSSR count). The number of hydrogen-bond donors (Lipinski definition) is 0. The monoisotopic (exact) mass is 375 g/mol. The second-order valence-corrected chi connectivity index (χ2v) is 9.94. The molecule has 0 spiro atoms.